The number of nitrogens with zero attached hydrogens (tertiary/aromatic N) is 5. The highest BCUT2D eigenvalue weighted by Crippen LogP contribution is 2.34. The van der Waals surface area contributed by atoms with Gasteiger partial charge in [-0.25, -0.2) is 4.98 Å². The summed E-state index contributed by atoms with van der Waals surface area (Å²) in [6, 6.07) is 20.7. The quantitative estimate of drug-likeness (QED) is 0.221. The number of aliphatic hydroxyl groups excluding tert-OH is 3. The van der Waals surface area contributed by atoms with Gasteiger partial charge >= 0.3 is 0 Å². The van der Waals surface area contributed by atoms with Gasteiger partial charge in [0.15, 0.2) is 23.2 Å². The van der Waals surface area contributed by atoms with Crippen LogP contribution in [0.3, 0.4) is 0 Å². The fourth-order valence-electron chi connectivity index (χ4n) is 5.65. The standard InChI is InChI=1S/C29H35N7O4/c30-20-12-7-13-35(15-20)29-33-26(31-14-21(18-8-3-1-4-9-18)19-10-5-2-6-11-19)23-27(34-29)36(17-32-23)28-25(39)24(38)22(16-37)40-28/h1-6,8-11,17,20-22,24-25,28,37-39H,7,12-16,30H2,(H,31,33,34)/t20-,22-,24-,25-,28-/m1/s1. The lowest BCUT2D eigenvalue weighted by Crippen LogP contribution is -2.43. The summed E-state index contributed by atoms with van der Waals surface area (Å²) in [5.41, 5.74) is 9.60. The van der Waals surface area contributed by atoms with Crippen LogP contribution < -0.4 is 16.0 Å². The van der Waals surface area contributed by atoms with Crippen LogP contribution in [-0.2, 0) is 4.74 Å². The van der Waals surface area contributed by atoms with E-state index in [1.165, 1.54) is 17.5 Å². The number of rotatable bonds is 8. The Morgan fingerprint density at radius 2 is 1.70 bits per heavy atom. The number of aromatic nitrogens is 4. The number of hydrogen-bond acceptors (Lipinski definition) is 10. The largest absolute Gasteiger partial charge is 0.394 e. The Kier molecular flexibility index (Phi) is 7.63. The van der Waals surface area contributed by atoms with Crippen molar-refractivity contribution in [1.29, 1.82) is 0 Å². The molecule has 2 aromatic carbocycles. The highest BCUT2D eigenvalue weighted by molar-refractivity contribution is 5.84. The first-order chi connectivity index (χ1) is 19.5. The van der Waals surface area contributed by atoms with Crippen molar-refractivity contribution in [2.45, 2.75) is 49.3 Å². The summed E-state index contributed by atoms with van der Waals surface area (Å²) < 4.78 is 7.40. The SMILES string of the molecule is N[C@@H]1CCCN(c2nc(NCC(c3ccccc3)c3ccccc3)c3ncn([C@@H]4O[C@H](CO)[C@@H](O)[C@H]4O)c3n2)C1. The summed E-state index contributed by atoms with van der Waals surface area (Å²) in [6.45, 7) is 1.54. The molecule has 2 fully saturated rings. The minimum Gasteiger partial charge on any atom is -0.394 e. The van der Waals surface area contributed by atoms with E-state index in [-0.39, 0.29) is 12.0 Å². The molecule has 2 aliphatic rings. The number of fused-ring (bicyclic) bond motifs is 1. The Morgan fingerprint density at radius 3 is 2.33 bits per heavy atom. The number of imidazole rings is 1. The van der Waals surface area contributed by atoms with Gasteiger partial charge in [0.2, 0.25) is 5.95 Å². The molecular formula is C29H35N7O4. The van der Waals surface area contributed by atoms with E-state index in [1.807, 2.05) is 36.4 Å². The van der Waals surface area contributed by atoms with E-state index in [4.69, 9.17) is 20.4 Å². The summed E-state index contributed by atoms with van der Waals surface area (Å²) in [5.74, 6) is 1.12. The molecule has 2 saturated heterocycles. The van der Waals surface area contributed by atoms with Crippen LogP contribution in [0.4, 0.5) is 11.8 Å². The fraction of sp³-hybridized carbons (Fsp3) is 0.414. The third-order valence-corrected chi connectivity index (χ3v) is 7.82. The Balaban J connectivity index is 1.39. The summed E-state index contributed by atoms with van der Waals surface area (Å²) in [4.78, 5) is 16.4. The van der Waals surface area contributed by atoms with Crippen molar-refractivity contribution in [2.75, 3.05) is 36.5 Å². The molecule has 210 valence electrons. The van der Waals surface area contributed by atoms with Crippen molar-refractivity contribution in [3.63, 3.8) is 0 Å². The average molecular weight is 546 g/mol. The third-order valence-electron chi connectivity index (χ3n) is 7.82. The molecule has 2 aliphatic heterocycles. The molecule has 4 heterocycles. The van der Waals surface area contributed by atoms with Gasteiger partial charge in [0.05, 0.1) is 12.9 Å². The zero-order valence-corrected chi connectivity index (χ0v) is 22.1. The number of benzene rings is 2. The topological polar surface area (TPSA) is 155 Å². The van der Waals surface area contributed by atoms with Gasteiger partial charge in [-0.3, -0.25) is 4.57 Å². The maximum absolute atomic E-state index is 10.7. The molecule has 5 atom stereocenters. The van der Waals surface area contributed by atoms with E-state index in [2.05, 4.69) is 39.5 Å². The van der Waals surface area contributed by atoms with Crippen LogP contribution in [0.15, 0.2) is 67.0 Å². The molecule has 0 amide bonds. The van der Waals surface area contributed by atoms with Gasteiger partial charge in [0.1, 0.15) is 18.3 Å². The molecule has 0 unspecified atom stereocenters. The highest BCUT2D eigenvalue weighted by atomic mass is 16.6. The van der Waals surface area contributed by atoms with E-state index in [0.29, 0.717) is 36.0 Å². The maximum atomic E-state index is 10.7. The fourth-order valence-corrected chi connectivity index (χ4v) is 5.65. The summed E-state index contributed by atoms with van der Waals surface area (Å²) in [7, 11) is 0. The van der Waals surface area contributed by atoms with Crippen molar-refractivity contribution >= 4 is 22.9 Å². The van der Waals surface area contributed by atoms with Crippen molar-refractivity contribution < 1.29 is 20.1 Å². The lowest BCUT2D eigenvalue weighted by Gasteiger charge is -2.31. The lowest BCUT2D eigenvalue weighted by atomic mass is 9.91. The Morgan fingerprint density at radius 1 is 1.00 bits per heavy atom. The van der Waals surface area contributed by atoms with E-state index in [1.54, 1.807) is 4.57 Å². The molecule has 0 radical (unpaired) electrons. The molecule has 40 heavy (non-hydrogen) atoms. The Bertz CT molecular complexity index is 1380. The van der Waals surface area contributed by atoms with Gasteiger partial charge in [-0.15, -0.1) is 0 Å². The first-order valence-corrected chi connectivity index (χ1v) is 13.7. The second-order valence-corrected chi connectivity index (χ2v) is 10.5. The minimum absolute atomic E-state index is 0.0235. The first-order valence-electron chi connectivity index (χ1n) is 13.7. The molecule has 0 bridgehead atoms. The minimum atomic E-state index is -1.26. The van der Waals surface area contributed by atoms with Crippen LogP contribution >= 0.6 is 0 Å². The number of nitrogens with one attached hydrogen (secondary N) is 1. The first kappa shape index (κ1) is 26.6. The number of anilines is 2. The molecule has 2 aromatic heterocycles. The lowest BCUT2D eigenvalue weighted by molar-refractivity contribution is -0.0511. The normalized spacial score (nSPS) is 25.1. The summed E-state index contributed by atoms with van der Waals surface area (Å²) >= 11 is 0. The monoisotopic (exact) mass is 545 g/mol. The van der Waals surface area contributed by atoms with Gasteiger partial charge < -0.3 is 36.0 Å². The smallest absolute Gasteiger partial charge is 0.229 e. The molecule has 11 heteroatoms. The van der Waals surface area contributed by atoms with Gasteiger partial charge in [-0.2, -0.15) is 9.97 Å². The maximum Gasteiger partial charge on any atom is 0.229 e. The predicted molar refractivity (Wildman–Crippen MR) is 151 cm³/mol. The van der Waals surface area contributed by atoms with Gasteiger partial charge in [0.25, 0.3) is 0 Å². The summed E-state index contributed by atoms with van der Waals surface area (Å²) in [6.07, 6.45) is -0.949. The van der Waals surface area contributed by atoms with Crippen LogP contribution in [0.2, 0.25) is 0 Å². The molecule has 11 nitrogen and oxygen atoms in total. The molecule has 4 aromatic rings. The Hall–Kier alpha value is -3.61. The van der Waals surface area contributed by atoms with Crippen LogP contribution in [0.1, 0.15) is 36.1 Å². The van der Waals surface area contributed by atoms with Gasteiger partial charge in [-0.05, 0) is 24.0 Å². The van der Waals surface area contributed by atoms with E-state index >= 15 is 0 Å². The van der Waals surface area contributed by atoms with Crippen LogP contribution in [0, 0.1) is 0 Å². The van der Waals surface area contributed by atoms with Crippen LogP contribution in [0.5, 0.6) is 0 Å². The van der Waals surface area contributed by atoms with Crippen LogP contribution in [0.25, 0.3) is 11.2 Å². The second kappa shape index (κ2) is 11.5. The van der Waals surface area contributed by atoms with Crippen molar-refractivity contribution in [2.24, 2.45) is 5.73 Å². The van der Waals surface area contributed by atoms with E-state index in [0.717, 1.165) is 19.4 Å². The number of hydrogen-bond donors (Lipinski definition) is 5. The van der Waals surface area contributed by atoms with Gasteiger partial charge in [-0.1, -0.05) is 60.7 Å². The van der Waals surface area contributed by atoms with Crippen molar-refractivity contribution in [1.82, 2.24) is 19.5 Å². The summed E-state index contributed by atoms with van der Waals surface area (Å²) in [5, 5.41) is 34.2. The highest BCUT2D eigenvalue weighted by Gasteiger charge is 2.44. The molecular weight excluding hydrogens is 510 g/mol. The number of aliphatic hydroxyl groups is 3. The van der Waals surface area contributed by atoms with Gasteiger partial charge in [0, 0.05) is 31.6 Å². The average Bonchev–Trinajstić information content (AvgIpc) is 3.54. The predicted octanol–water partition coefficient (Wildman–Crippen LogP) is 1.61. The zero-order valence-electron chi connectivity index (χ0n) is 22.1. The zero-order chi connectivity index (χ0) is 27.6. The van der Waals surface area contributed by atoms with E-state index in [9.17, 15) is 15.3 Å². The van der Waals surface area contributed by atoms with Crippen molar-refractivity contribution in [3.05, 3.63) is 78.1 Å². The molecule has 0 spiro atoms. The third kappa shape index (κ3) is 5.14. The molecule has 0 aliphatic carbocycles. The molecule has 0 saturated carbocycles. The van der Waals surface area contributed by atoms with E-state index < -0.39 is 31.1 Å². The van der Waals surface area contributed by atoms with Crippen LogP contribution in [-0.4, -0.2) is 85.4 Å². The molecule has 6 rings (SSSR count). The Labute approximate surface area is 232 Å². The number of piperidine rings is 1. The second-order valence-electron chi connectivity index (χ2n) is 10.5. The number of nitrogens with two attached hydrogens (primary N) is 1. The number of ether oxygens (including phenoxy) is 1. The van der Waals surface area contributed by atoms with Crippen molar-refractivity contribution in [3.8, 4) is 0 Å². The molecule has 6 N–H and O–H groups in total.